The number of rotatable bonds is 3. The summed E-state index contributed by atoms with van der Waals surface area (Å²) in [7, 11) is 0. The van der Waals surface area contributed by atoms with Gasteiger partial charge < -0.3 is 0 Å². The summed E-state index contributed by atoms with van der Waals surface area (Å²) in [5.41, 5.74) is 2.04. The van der Waals surface area contributed by atoms with E-state index < -0.39 is 0 Å². The summed E-state index contributed by atoms with van der Waals surface area (Å²) in [6.07, 6.45) is 2.72. The van der Waals surface area contributed by atoms with Crippen LogP contribution >= 0.6 is 12.2 Å². The van der Waals surface area contributed by atoms with Gasteiger partial charge in [0.1, 0.15) is 0 Å². The molecule has 0 radical (unpaired) electrons. The van der Waals surface area contributed by atoms with E-state index in [2.05, 4.69) is 29.0 Å². The second kappa shape index (κ2) is 4.60. The largest absolute Gasteiger partial charge is 0.195 e. The fourth-order valence-electron chi connectivity index (χ4n) is 0.972. The minimum absolute atomic E-state index is 0.851. The van der Waals surface area contributed by atoms with Crippen molar-refractivity contribution in [2.45, 2.75) is 6.42 Å². The lowest BCUT2D eigenvalue weighted by molar-refractivity contribution is 1.27. The van der Waals surface area contributed by atoms with Gasteiger partial charge in [-0.1, -0.05) is 18.2 Å². The van der Waals surface area contributed by atoms with Crippen LogP contribution in [0.15, 0.2) is 41.9 Å². The summed E-state index contributed by atoms with van der Waals surface area (Å²) in [6.45, 7) is 3.66. The van der Waals surface area contributed by atoms with Crippen LogP contribution in [0.2, 0.25) is 0 Å². The Morgan fingerprint density at radius 3 is 3.08 bits per heavy atom. The van der Waals surface area contributed by atoms with Gasteiger partial charge in [0.2, 0.25) is 0 Å². The lowest BCUT2D eigenvalue weighted by Gasteiger charge is -1.96. The predicted octanol–water partition coefficient (Wildman–Crippen LogP) is 3.15. The second-order valence-corrected chi connectivity index (χ2v) is 2.55. The Balaban J connectivity index is 2.94. The van der Waals surface area contributed by atoms with E-state index in [1.807, 2.05) is 30.3 Å². The molecule has 0 amide bonds. The highest BCUT2D eigenvalue weighted by Crippen LogP contribution is 2.13. The molecule has 1 aromatic rings. The van der Waals surface area contributed by atoms with Crippen molar-refractivity contribution in [1.82, 2.24) is 0 Å². The number of allylic oxidation sites excluding steroid dienone is 1. The van der Waals surface area contributed by atoms with Crippen molar-refractivity contribution in [2.75, 3.05) is 0 Å². The predicted molar refractivity (Wildman–Crippen MR) is 55.0 cm³/mol. The zero-order valence-corrected chi connectivity index (χ0v) is 7.47. The van der Waals surface area contributed by atoms with E-state index in [-0.39, 0.29) is 0 Å². The average molecular weight is 175 g/mol. The van der Waals surface area contributed by atoms with Crippen LogP contribution < -0.4 is 0 Å². The number of hydrogen-bond acceptors (Lipinski definition) is 2. The third-order valence-electron chi connectivity index (χ3n) is 1.47. The number of isothiocyanates is 1. The van der Waals surface area contributed by atoms with Crippen LogP contribution in [0.3, 0.4) is 0 Å². The van der Waals surface area contributed by atoms with Crippen molar-refractivity contribution >= 4 is 23.1 Å². The summed E-state index contributed by atoms with van der Waals surface area (Å²) in [5, 5.41) is 2.34. The molecule has 0 saturated heterocycles. The van der Waals surface area contributed by atoms with E-state index in [9.17, 15) is 0 Å². The van der Waals surface area contributed by atoms with Crippen LogP contribution in [0, 0.1) is 0 Å². The molecule has 1 nitrogen and oxygen atoms in total. The molecule has 0 unspecified atom stereocenters. The zero-order valence-electron chi connectivity index (χ0n) is 6.66. The molecule has 0 spiro atoms. The number of aliphatic imine (C=N–C) groups is 1. The van der Waals surface area contributed by atoms with Gasteiger partial charge >= 0.3 is 0 Å². The second-order valence-electron chi connectivity index (χ2n) is 2.37. The standard InChI is InChI=1S/C10H9NS/c1-2-4-9-5-3-6-10(7-9)11-8-12/h2-3,5-7H,1,4H2. The molecule has 0 aliphatic rings. The molecule has 0 N–H and O–H groups in total. The zero-order chi connectivity index (χ0) is 8.81. The van der Waals surface area contributed by atoms with Gasteiger partial charge in [0, 0.05) is 0 Å². The molecule has 0 aliphatic heterocycles. The molecular weight excluding hydrogens is 166 g/mol. The molecule has 1 aromatic carbocycles. The van der Waals surface area contributed by atoms with Crippen LogP contribution in [0.1, 0.15) is 5.56 Å². The lowest BCUT2D eigenvalue weighted by Crippen LogP contribution is -1.77. The van der Waals surface area contributed by atoms with Gasteiger partial charge in [-0.2, -0.15) is 4.99 Å². The van der Waals surface area contributed by atoms with Crippen molar-refractivity contribution in [2.24, 2.45) is 4.99 Å². The third-order valence-corrected chi connectivity index (χ3v) is 1.56. The maximum Gasteiger partial charge on any atom is 0.0742 e. The molecule has 0 aliphatic carbocycles. The lowest BCUT2D eigenvalue weighted by atomic mass is 10.1. The number of hydrogen-bond donors (Lipinski definition) is 0. The van der Waals surface area contributed by atoms with Crippen LogP contribution in [0.25, 0.3) is 0 Å². The van der Waals surface area contributed by atoms with Gasteiger partial charge in [-0.15, -0.1) is 6.58 Å². The van der Waals surface area contributed by atoms with Crippen LogP contribution in [-0.2, 0) is 6.42 Å². The first kappa shape index (κ1) is 8.85. The summed E-state index contributed by atoms with van der Waals surface area (Å²) in [6, 6.07) is 7.85. The Labute approximate surface area is 77.5 Å². The summed E-state index contributed by atoms with van der Waals surface area (Å²) in [5.74, 6) is 0. The molecule has 2 heteroatoms. The van der Waals surface area contributed by atoms with Gasteiger partial charge in [-0.25, -0.2) is 0 Å². The van der Waals surface area contributed by atoms with Gasteiger partial charge in [0.05, 0.1) is 10.8 Å². The van der Waals surface area contributed by atoms with Crippen molar-refractivity contribution in [1.29, 1.82) is 0 Å². The maximum absolute atomic E-state index is 4.51. The molecule has 12 heavy (non-hydrogen) atoms. The molecule has 0 aromatic heterocycles. The molecule has 0 bridgehead atoms. The highest BCUT2D eigenvalue weighted by atomic mass is 32.1. The SMILES string of the molecule is C=CCc1cccc(N=C=S)c1. The first-order chi connectivity index (χ1) is 5.86. The third kappa shape index (κ3) is 2.42. The normalized spacial score (nSPS) is 8.67. The van der Waals surface area contributed by atoms with E-state index in [4.69, 9.17) is 0 Å². The fourth-order valence-corrected chi connectivity index (χ4v) is 1.08. The Morgan fingerprint density at radius 2 is 2.42 bits per heavy atom. The molecular formula is C10H9NS. The minimum atomic E-state index is 0.851. The maximum atomic E-state index is 4.51. The highest BCUT2D eigenvalue weighted by Gasteiger charge is 1.90. The van der Waals surface area contributed by atoms with Crippen molar-refractivity contribution in [3.63, 3.8) is 0 Å². The van der Waals surface area contributed by atoms with Crippen LogP contribution in [-0.4, -0.2) is 5.16 Å². The average Bonchev–Trinajstić information content (AvgIpc) is 2.06. The minimum Gasteiger partial charge on any atom is -0.195 e. The number of nitrogens with zero attached hydrogens (tertiary/aromatic N) is 1. The van der Waals surface area contributed by atoms with E-state index in [0.717, 1.165) is 12.1 Å². The Bertz CT molecular complexity index is 324. The number of thiocarbonyl (C=S) groups is 1. The van der Waals surface area contributed by atoms with Crippen molar-refractivity contribution in [3.8, 4) is 0 Å². The Morgan fingerprint density at radius 1 is 1.58 bits per heavy atom. The summed E-state index contributed by atoms with van der Waals surface area (Å²) in [4.78, 5) is 3.88. The molecule has 1 rings (SSSR count). The van der Waals surface area contributed by atoms with Crippen molar-refractivity contribution in [3.05, 3.63) is 42.5 Å². The molecule has 0 heterocycles. The molecule has 0 atom stereocenters. The summed E-state index contributed by atoms with van der Waals surface area (Å²) < 4.78 is 0. The smallest absolute Gasteiger partial charge is 0.0742 e. The Hall–Kier alpha value is -1.24. The summed E-state index contributed by atoms with van der Waals surface area (Å²) >= 11 is 4.51. The molecule has 0 fully saturated rings. The van der Waals surface area contributed by atoms with Crippen LogP contribution in [0.5, 0.6) is 0 Å². The van der Waals surface area contributed by atoms with Crippen molar-refractivity contribution < 1.29 is 0 Å². The molecule has 0 saturated carbocycles. The molecule has 60 valence electrons. The van der Waals surface area contributed by atoms with E-state index >= 15 is 0 Å². The quantitative estimate of drug-likeness (QED) is 0.390. The first-order valence-corrected chi connectivity index (χ1v) is 4.05. The van der Waals surface area contributed by atoms with E-state index in [0.29, 0.717) is 0 Å². The highest BCUT2D eigenvalue weighted by molar-refractivity contribution is 7.78. The van der Waals surface area contributed by atoms with Gasteiger partial charge in [-0.3, -0.25) is 0 Å². The fraction of sp³-hybridized carbons (Fsp3) is 0.100. The first-order valence-electron chi connectivity index (χ1n) is 3.64. The van der Waals surface area contributed by atoms with E-state index in [1.54, 1.807) is 0 Å². The monoisotopic (exact) mass is 175 g/mol. The topological polar surface area (TPSA) is 12.4 Å². The number of benzene rings is 1. The van der Waals surface area contributed by atoms with E-state index in [1.165, 1.54) is 5.56 Å². The van der Waals surface area contributed by atoms with Gasteiger partial charge in [0.25, 0.3) is 0 Å². The Kier molecular flexibility index (Phi) is 3.39. The van der Waals surface area contributed by atoms with Crippen LogP contribution in [0.4, 0.5) is 5.69 Å². The van der Waals surface area contributed by atoms with Gasteiger partial charge in [0.15, 0.2) is 0 Å². The van der Waals surface area contributed by atoms with Gasteiger partial charge in [-0.05, 0) is 36.3 Å².